The Morgan fingerprint density at radius 1 is 1.16 bits per heavy atom. The van der Waals surface area contributed by atoms with Crippen molar-refractivity contribution in [1.29, 1.82) is 0 Å². The molecule has 0 aromatic heterocycles. The van der Waals surface area contributed by atoms with Crippen LogP contribution in [0.4, 0.5) is 5.69 Å². The predicted octanol–water partition coefficient (Wildman–Crippen LogP) is 0.963. The van der Waals surface area contributed by atoms with E-state index >= 15 is 0 Å². The van der Waals surface area contributed by atoms with Crippen molar-refractivity contribution in [3.8, 4) is 0 Å². The second-order valence-corrected chi connectivity index (χ2v) is 4.68. The van der Waals surface area contributed by atoms with Gasteiger partial charge in [-0.3, -0.25) is 0 Å². The summed E-state index contributed by atoms with van der Waals surface area (Å²) in [6.45, 7) is 1.64. The first-order valence-electron chi connectivity index (χ1n) is 5.92. The largest absolute Gasteiger partial charge is 0.388 e. The standard InChI is InChI=1S/C13H15NO4S/c1-7-10(15)11(16)12(17)13(18-7)8-4-2-3-5-9(8)14-6-19/h2-5,7,10-13,15-17H,1H3/t7-,10+,11+,12-,13+/m0/s1. The van der Waals surface area contributed by atoms with E-state index in [-0.39, 0.29) is 0 Å². The van der Waals surface area contributed by atoms with Gasteiger partial charge in [-0.2, -0.15) is 4.99 Å². The highest BCUT2D eigenvalue weighted by atomic mass is 32.1. The first-order chi connectivity index (χ1) is 9.06. The number of hydrogen-bond acceptors (Lipinski definition) is 6. The fourth-order valence-electron chi connectivity index (χ4n) is 2.19. The second kappa shape index (κ2) is 5.88. The summed E-state index contributed by atoms with van der Waals surface area (Å²) < 4.78 is 5.57. The van der Waals surface area contributed by atoms with E-state index in [0.717, 1.165) is 0 Å². The van der Waals surface area contributed by atoms with Crippen LogP contribution in [0, 0.1) is 0 Å². The van der Waals surface area contributed by atoms with Gasteiger partial charge in [0, 0.05) is 5.56 Å². The first kappa shape index (κ1) is 14.3. The number of rotatable bonds is 2. The molecule has 2 rings (SSSR count). The van der Waals surface area contributed by atoms with Gasteiger partial charge in [0.05, 0.1) is 17.0 Å². The molecular weight excluding hydrogens is 266 g/mol. The third-order valence-electron chi connectivity index (χ3n) is 3.26. The summed E-state index contributed by atoms with van der Waals surface area (Å²) in [6, 6.07) is 7.00. The summed E-state index contributed by atoms with van der Waals surface area (Å²) >= 11 is 4.58. The normalized spacial score (nSPS) is 34.6. The Morgan fingerprint density at radius 3 is 2.53 bits per heavy atom. The molecule has 1 fully saturated rings. The van der Waals surface area contributed by atoms with Gasteiger partial charge in [0.1, 0.15) is 24.4 Å². The van der Waals surface area contributed by atoms with Crippen molar-refractivity contribution < 1.29 is 20.1 Å². The van der Waals surface area contributed by atoms with Crippen LogP contribution in [0.5, 0.6) is 0 Å². The Kier molecular flexibility index (Phi) is 4.42. The molecule has 0 amide bonds. The number of para-hydroxylation sites is 1. The molecule has 1 heterocycles. The third-order valence-corrected chi connectivity index (χ3v) is 3.35. The number of ether oxygens (including phenoxy) is 1. The molecule has 19 heavy (non-hydrogen) atoms. The van der Waals surface area contributed by atoms with Crippen LogP contribution < -0.4 is 0 Å². The topological polar surface area (TPSA) is 82.3 Å². The minimum atomic E-state index is -1.27. The van der Waals surface area contributed by atoms with Gasteiger partial charge in [0.25, 0.3) is 0 Å². The maximum atomic E-state index is 10.0. The molecule has 5 nitrogen and oxygen atoms in total. The van der Waals surface area contributed by atoms with E-state index < -0.39 is 30.5 Å². The lowest BCUT2D eigenvalue weighted by atomic mass is 9.91. The van der Waals surface area contributed by atoms with Crippen LogP contribution in [0.1, 0.15) is 18.6 Å². The van der Waals surface area contributed by atoms with Gasteiger partial charge in [-0.05, 0) is 25.2 Å². The lowest BCUT2D eigenvalue weighted by Crippen LogP contribution is -2.53. The van der Waals surface area contributed by atoms with Crippen LogP contribution in [0.2, 0.25) is 0 Å². The average molecular weight is 281 g/mol. The Bertz CT molecular complexity index is 503. The van der Waals surface area contributed by atoms with E-state index in [2.05, 4.69) is 22.4 Å². The van der Waals surface area contributed by atoms with E-state index in [9.17, 15) is 15.3 Å². The number of thiocarbonyl (C=S) groups is 1. The van der Waals surface area contributed by atoms with Crippen molar-refractivity contribution in [2.75, 3.05) is 0 Å². The molecule has 0 unspecified atom stereocenters. The van der Waals surface area contributed by atoms with E-state index in [0.29, 0.717) is 11.3 Å². The van der Waals surface area contributed by atoms with Crippen LogP contribution in [0.3, 0.4) is 0 Å². The number of isothiocyanates is 1. The van der Waals surface area contributed by atoms with Crippen LogP contribution in [0.15, 0.2) is 29.3 Å². The van der Waals surface area contributed by atoms with Crippen molar-refractivity contribution in [2.24, 2.45) is 4.99 Å². The zero-order valence-electron chi connectivity index (χ0n) is 10.3. The van der Waals surface area contributed by atoms with Gasteiger partial charge in [0.15, 0.2) is 0 Å². The first-order valence-corrected chi connectivity index (χ1v) is 6.33. The molecule has 5 atom stereocenters. The van der Waals surface area contributed by atoms with Crippen LogP contribution in [-0.2, 0) is 4.74 Å². The Hall–Kier alpha value is -1.14. The van der Waals surface area contributed by atoms with Crippen LogP contribution >= 0.6 is 12.2 Å². The summed E-state index contributed by atoms with van der Waals surface area (Å²) in [5.74, 6) is 0. The summed E-state index contributed by atoms with van der Waals surface area (Å²) in [6.07, 6.45) is -4.97. The fraction of sp³-hybridized carbons (Fsp3) is 0.462. The van der Waals surface area contributed by atoms with Crippen molar-refractivity contribution in [3.63, 3.8) is 0 Å². The van der Waals surface area contributed by atoms with Gasteiger partial charge in [0.2, 0.25) is 0 Å². The quantitative estimate of drug-likeness (QED) is 0.556. The average Bonchev–Trinajstić information content (AvgIpc) is 2.42. The Labute approximate surface area is 116 Å². The summed E-state index contributed by atoms with van der Waals surface area (Å²) in [5.41, 5.74) is 1.13. The third kappa shape index (κ3) is 2.74. The molecule has 1 aromatic rings. The van der Waals surface area contributed by atoms with Crippen LogP contribution in [0.25, 0.3) is 0 Å². The number of nitrogens with zero attached hydrogens (tertiary/aromatic N) is 1. The van der Waals surface area contributed by atoms with Gasteiger partial charge in [-0.25, -0.2) is 0 Å². The predicted molar refractivity (Wildman–Crippen MR) is 72.4 cm³/mol. The highest BCUT2D eigenvalue weighted by molar-refractivity contribution is 7.78. The Morgan fingerprint density at radius 2 is 1.84 bits per heavy atom. The maximum Gasteiger partial charge on any atom is 0.114 e. The minimum Gasteiger partial charge on any atom is -0.388 e. The minimum absolute atomic E-state index is 0.525. The van der Waals surface area contributed by atoms with Gasteiger partial charge < -0.3 is 20.1 Å². The molecule has 0 bridgehead atoms. The molecule has 0 spiro atoms. The zero-order valence-corrected chi connectivity index (χ0v) is 11.1. The number of aliphatic imine (C=N–C) groups is 1. The number of aliphatic hydroxyl groups excluding tert-OH is 3. The molecule has 0 saturated carbocycles. The fourth-order valence-corrected chi connectivity index (χ4v) is 2.29. The van der Waals surface area contributed by atoms with E-state index in [4.69, 9.17) is 4.74 Å². The lowest BCUT2D eigenvalue weighted by Gasteiger charge is -2.39. The molecule has 3 N–H and O–H groups in total. The highest BCUT2D eigenvalue weighted by Crippen LogP contribution is 2.36. The van der Waals surface area contributed by atoms with Crippen LogP contribution in [-0.4, -0.2) is 44.9 Å². The molecule has 1 aliphatic rings. The van der Waals surface area contributed by atoms with Crippen molar-refractivity contribution in [1.82, 2.24) is 0 Å². The number of aliphatic hydroxyl groups is 3. The van der Waals surface area contributed by atoms with Crippen molar-refractivity contribution in [3.05, 3.63) is 29.8 Å². The summed E-state index contributed by atoms with van der Waals surface area (Å²) in [5, 5.41) is 31.8. The van der Waals surface area contributed by atoms with Gasteiger partial charge in [-0.1, -0.05) is 18.2 Å². The van der Waals surface area contributed by atoms with Gasteiger partial charge >= 0.3 is 0 Å². The molecule has 0 radical (unpaired) electrons. The highest BCUT2D eigenvalue weighted by Gasteiger charge is 2.42. The maximum absolute atomic E-state index is 10.0. The monoisotopic (exact) mass is 281 g/mol. The van der Waals surface area contributed by atoms with E-state index in [1.165, 1.54) is 0 Å². The van der Waals surface area contributed by atoms with Gasteiger partial charge in [-0.15, -0.1) is 0 Å². The van der Waals surface area contributed by atoms with Crippen molar-refractivity contribution >= 4 is 23.1 Å². The second-order valence-electron chi connectivity index (χ2n) is 4.50. The summed E-state index contributed by atoms with van der Waals surface area (Å²) in [7, 11) is 0. The smallest absolute Gasteiger partial charge is 0.114 e. The molecule has 102 valence electrons. The van der Waals surface area contributed by atoms with Crippen molar-refractivity contribution in [2.45, 2.75) is 37.4 Å². The van der Waals surface area contributed by atoms with E-state index in [1.807, 2.05) is 0 Å². The Balaban J connectivity index is 2.38. The summed E-state index contributed by atoms with van der Waals surface area (Å²) in [4.78, 5) is 3.91. The molecule has 1 aliphatic heterocycles. The number of hydrogen-bond donors (Lipinski definition) is 3. The van der Waals surface area contributed by atoms with E-state index in [1.54, 1.807) is 31.2 Å². The molecule has 0 aliphatic carbocycles. The molecule has 1 aromatic carbocycles. The number of benzene rings is 1. The zero-order chi connectivity index (χ0) is 14.0. The molecular formula is C13H15NO4S. The molecule has 6 heteroatoms. The lowest BCUT2D eigenvalue weighted by molar-refractivity contribution is -0.219. The molecule has 1 saturated heterocycles. The SMILES string of the molecule is C[C@@H]1O[C@H](c2ccccc2N=C=S)[C@@H](O)[C@H](O)[C@@H]1O.